The zero-order chi connectivity index (χ0) is 8.97. The van der Waals surface area contributed by atoms with Crippen molar-refractivity contribution in [3.8, 4) is 0 Å². The number of rotatable bonds is 3. The Hall–Kier alpha value is -0.0800. The van der Waals surface area contributed by atoms with E-state index in [-0.39, 0.29) is 0 Å². The Bertz CT molecular complexity index is 123. The highest BCUT2D eigenvalue weighted by atomic mass is 16.3. The van der Waals surface area contributed by atoms with Gasteiger partial charge in [-0.1, -0.05) is 0 Å². The van der Waals surface area contributed by atoms with Crippen LogP contribution >= 0.6 is 0 Å². The van der Waals surface area contributed by atoms with Crippen molar-refractivity contribution in [2.75, 3.05) is 19.7 Å². The molecule has 1 N–H and O–H groups in total. The molecule has 0 bridgehead atoms. The second kappa shape index (κ2) is 4.83. The van der Waals surface area contributed by atoms with Gasteiger partial charge >= 0.3 is 0 Å². The van der Waals surface area contributed by atoms with Gasteiger partial charge in [-0.2, -0.15) is 0 Å². The first kappa shape index (κ1) is 10.0. The van der Waals surface area contributed by atoms with Crippen LogP contribution in [0.3, 0.4) is 0 Å². The van der Waals surface area contributed by atoms with Gasteiger partial charge in [-0.25, -0.2) is 0 Å². The molecule has 1 heterocycles. The quantitative estimate of drug-likeness (QED) is 0.695. The van der Waals surface area contributed by atoms with Gasteiger partial charge in [0.2, 0.25) is 0 Å². The lowest BCUT2D eigenvalue weighted by Gasteiger charge is -2.35. The topological polar surface area (TPSA) is 23.5 Å². The van der Waals surface area contributed by atoms with E-state index in [0.717, 1.165) is 12.3 Å². The zero-order valence-corrected chi connectivity index (χ0v) is 8.29. The molecule has 0 saturated carbocycles. The fraction of sp³-hybridized carbons (Fsp3) is 1.00. The normalized spacial score (nSPS) is 26.5. The van der Waals surface area contributed by atoms with Crippen LogP contribution in [0.2, 0.25) is 0 Å². The minimum absolute atomic E-state index is 0.358. The maximum Gasteiger partial charge on any atom is 0.0434 e. The highest BCUT2D eigenvalue weighted by Gasteiger charge is 2.20. The number of nitrogens with zero attached hydrogens (tertiary/aromatic N) is 1. The van der Waals surface area contributed by atoms with Gasteiger partial charge in [-0.15, -0.1) is 0 Å². The number of likely N-dealkylation sites (tertiary alicyclic amines) is 1. The van der Waals surface area contributed by atoms with E-state index in [1.165, 1.54) is 25.9 Å². The Morgan fingerprint density at radius 3 is 2.83 bits per heavy atom. The molecule has 0 radical (unpaired) electrons. The van der Waals surface area contributed by atoms with Crippen molar-refractivity contribution in [3.63, 3.8) is 0 Å². The summed E-state index contributed by atoms with van der Waals surface area (Å²) in [4.78, 5) is 2.52. The zero-order valence-electron chi connectivity index (χ0n) is 8.29. The monoisotopic (exact) mass is 171 g/mol. The van der Waals surface area contributed by atoms with E-state index in [2.05, 4.69) is 18.7 Å². The van der Waals surface area contributed by atoms with Crippen molar-refractivity contribution in [1.29, 1.82) is 0 Å². The highest BCUT2D eigenvalue weighted by molar-refractivity contribution is 4.74. The predicted molar refractivity (Wildman–Crippen MR) is 51.1 cm³/mol. The molecule has 72 valence electrons. The molecule has 0 aromatic rings. The number of aliphatic hydroxyl groups excluding tert-OH is 1. The van der Waals surface area contributed by atoms with Crippen LogP contribution in [-0.2, 0) is 0 Å². The summed E-state index contributed by atoms with van der Waals surface area (Å²) in [5, 5.41) is 8.82. The van der Waals surface area contributed by atoms with Crippen LogP contribution in [0.25, 0.3) is 0 Å². The van der Waals surface area contributed by atoms with Gasteiger partial charge in [-0.05, 0) is 45.6 Å². The van der Waals surface area contributed by atoms with Crippen molar-refractivity contribution < 1.29 is 5.11 Å². The molecule has 0 amide bonds. The molecular weight excluding hydrogens is 150 g/mol. The third-order valence-corrected chi connectivity index (χ3v) is 2.82. The van der Waals surface area contributed by atoms with Crippen molar-refractivity contribution in [1.82, 2.24) is 4.90 Å². The van der Waals surface area contributed by atoms with Crippen molar-refractivity contribution in [3.05, 3.63) is 0 Å². The Labute approximate surface area is 75.6 Å². The Morgan fingerprint density at radius 1 is 1.50 bits per heavy atom. The number of hydrogen-bond donors (Lipinski definition) is 1. The summed E-state index contributed by atoms with van der Waals surface area (Å²) in [7, 11) is 0. The fourth-order valence-corrected chi connectivity index (χ4v) is 1.98. The maximum absolute atomic E-state index is 8.82. The lowest BCUT2D eigenvalue weighted by atomic mass is 9.94. The van der Waals surface area contributed by atoms with Gasteiger partial charge in [0.15, 0.2) is 0 Å². The van der Waals surface area contributed by atoms with Crippen LogP contribution in [0.15, 0.2) is 0 Å². The maximum atomic E-state index is 8.82. The first-order chi connectivity index (χ1) is 5.74. The van der Waals surface area contributed by atoms with E-state index >= 15 is 0 Å². The first-order valence-electron chi connectivity index (χ1n) is 5.09. The van der Waals surface area contributed by atoms with Crippen LogP contribution in [0, 0.1) is 5.92 Å². The van der Waals surface area contributed by atoms with Crippen LogP contribution in [0.4, 0.5) is 0 Å². The van der Waals surface area contributed by atoms with E-state index in [9.17, 15) is 0 Å². The molecule has 12 heavy (non-hydrogen) atoms. The third kappa shape index (κ3) is 2.76. The van der Waals surface area contributed by atoms with Crippen LogP contribution in [-0.4, -0.2) is 35.7 Å². The van der Waals surface area contributed by atoms with Gasteiger partial charge < -0.3 is 10.0 Å². The molecule has 1 atom stereocenters. The largest absolute Gasteiger partial charge is 0.396 e. The molecule has 0 spiro atoms. The molecule has 0 aromatic carbocycles. The second-order valence-electron chi connectivity index (χ2n) is 4.11. The summed E-state index contributed by atoms with van der Waals surface area (Å²) in [5.74, 6) is 0.742. The summed E-state index contributed by atoms with van der Waals surface area (Å²) < 4.78 is 0. The minimum atomic E-state index is 0.358. The molecule has 0 aromatic heterocycles. The molecule has 2 nitrogen and oxygen atoms in total. The average Bonchev–Trinajstić information content (AvgIpc) is 2.05. The number of hydrogen-bond acceptors (Lipinski definition) is 2. The second-order valence-corrected chi connectivity index (χ2v) is 4.11. The summed E-state index contributed by atoms with van der Waals surface area (Å²) in [6, 6.07) is 0.673. The van der Waals surface area contributed by atoms with E-state index in [1.807, 2.05) is 0 Å². The van der Waals surface area contributed by atoms with Gasteiger partial charge in [0.25, 0.3) is 0 Å². The molecule has 1 saturated heterocycles. The molecule has 2 heteroatoms. The summed E-state index contributed by atoms with van der Waals surface area (Å²) >= 11 is 0. The van der Waals surface area contributed by atoms with Gasteiger partial charge in [0.1, 0.15) is 0 Å². The Morgan fingerprint density at radius 2 is 2.25 bits per heavy atom. The predicted octanol–water partition coefficient (Wildman–Crippen LogP) is 1.49. The van der Waals surface area contributed by atoms with E-state index < -0.39 is 0 Å². The Balaban J connectivity index is 2.30. The van der Waals surface area contributed by atoms with Crippen molar-refractivity contribution in [2.45, 2.75) is 39.2 Å². The van der Waals surface area contributed by atoms with E-state index in [1.54, 1.807) is 0 Å². The van der Waals surface area contributed by atoms with Gasteiger partial charge in [0.05, 0.1) is 0 Å². The SMILES string of the molecule is CC(C)N1CCCC(CCO)C1. The molecule has 0 aliphatic carbocycles. The number of aliphatic hydroxyl groups is 1. The van der Waals surface area contributed by atoms with Crippen molar-refractivity contribution >= 4 is 0 Å². The lowest BCUT2D eigenvalue weighted by molar-refractivity contribution is 0.121. The molecule has 1 aliphatic rings. The van der Waals surface area contributed by atoms with Crippen LogP contribution < -0.4 is 0 Å². The highest BCUT2D eigenvalue weighted by Crippen LogP contribution is 2.20. The molecule has 1 unspecified atom stereocenters. The smallest absolute Gasteiger partial charge is 0.0434 e. The first-order valence-corrected chi connectivity index (χ1v) is 5.09. The van der Waals surface area contributed by atoms with Crippen molar-refractivity contribution in [2.24, 2.45) is 5.92 Å². The molecule has 1 fully saturated rings. The number of piperidine rings is 1. The fourth-order valence-electron chi connectivity index (χ4n) is 1.98. The lowest BCUT2D eigenvalue weighted by Crippen LogP contribution is -2.40. The van der Waals surface area contributed by atoms with Gasteiger partial charge in [0, 0.05) is 19.2 Å². The Kier molecular flexibility index (Phi) is 4.02. The third-order valence-electron chi connectivity index (χ3n) is 2.82. The van der Waals surface area contributed by atoms with E-state index in [0.29, 0.717) is 12.6 Å². The summed E-state index contributed by atoms with van der Waals surface area (Å²) in [6.45, 7) is 7.30. The summed E-state index contributed by atoms with van der Waals surface area (Å²) in [6.07, 6.45) is 3.61. The van der Waals surface area contributed by atoms with Crippen LogP contribution in [0.1, 0.15) is 33.1 Å². The molecular formula is C10H21NO. The summed E-state index contributed by atoms with van der Waals surface area (Å²) in [5.41, 5.74) is 0. The standard InChI is InChI=1S/C10H21NO/c1-9(2)11-6-3-4-10(8-11)5-7-12/h9-10,12H,3-8H2,1-2H3. The van der Waals surface area contributed by atoms with E-state index in [4.69, 9.17) is 5.11 Å². The van der Waals surface area contributed by atoms with Gasteiger partial charge in [-0.3, -0.25) is 0 Å². The van der Waals surface area contributed by atoms with Crippen LogP contribution in [0.5, 0.6) is 0 Å². The minimum Gasteiger partial charge on any atom is -0.396 e. The molecule has 1 aliphatic heterocycles. The molecule has 1 rings (SSSR count). The average molecular weight is 171 g/mol.